The quantitative estimate of drug-likeness (QED) is 0.844. The van der Waals surface area contributed by atoms with Crippen LogP contribution in [0.3, 0.4) is 0 Å². The number of piperidine rings is 1. The molecule has 2 aliphatic rings. The molecule has 0 radical (unpaired) electrons. The molecular weight excluding hydrogens is 264 g/mol. The Morgan fingerprint density at radius 2 is 1.90 bits per heavy atom. The lowest BCUT2D eigenvalue weighted by atomic mass is 9.89. The van der Waals surface area contributed by atoms with Gasteiger partial charge < -0.3 is 14.7 Å². The predicted molar refractivity (Wildman–Crippen MR) is 86.2 cm³/mol. The monoisotopic (exact) mass is 298 g/mol. The first-order chi connectivity index (χ1) is 10.0. The van der Waals surface area contributed by atoms with Crippen LogP contribution in [0.5, 0.6) is 0 Å². The molecular formula is C17H34N2O2. The lowest BCUT2D eigenvalue weighted by molar-refractivity contribution is -0.196. The SMILES string of the molecule is CCN1C[C@@H](C2CCN(CCC(C)C)CC2)O[C@H](C)C1O. The minimum Gasteiger partial charge on any atom is -0.376 e. The van der Waals surface area contributed by atoms with Crippen LogP contribution in [0.2, 0.25) is 0 Å². The van der Waals surface area contributed by atoms with Crippen LogP contribution in [0.1, 0.15) is 47.0 Å². The first-order valence-electron chi connectivity index (χ1n) is 8.81. The first kappa shape index (κ1) is 17.2. The molecule has 2 heterocycles. The minimum atomic E-state index is -0.433. The van der Waals surface area contributed by atoms with Crippen molar-refractivity contribution in [1.82, 2.24) is 9.80 Å². The van der Waals surface area contributed by atoms with E-state index in [1.807, 2.05) is 6.92 Å². The van der Waals surface area contributed by atoms with E-state index >= 15 is 0 Å². The third-order valence-electron chi connectivity index (χ3n) is 5.18. The second-order valence-corrected chi connectivity index (χ2v) is 7.24. The third-order valence-corrected chi connectivity index (χ3v) is 5.18. The molecule has 0 saturated carbocycles. The fourth-order valence-electron chi connectivity index (χ4n) is 3.59. The van der Waals surface area contributed by atoms with E-state index in [0.29, 0.717) is 12.0 Å². The summed E-state index contributed by atoms with van der Waals surface area (Å²) < 4.78 is 6.09. The summed E-state index contributed by atoms with van der Waals surface area (Å²) in [5, 5.41) is 10.1. The van der Waals surface area contributed by atoms with E-state index in [1.54, 1.807) is 0 Å². The van der Waals surface area contributed by atoms with Gasteiger partial charge in [0.2, 0.25) is 0 Å². The van der Waals surface area contributed by atoms with Crippen molar-refractivity contribution in [3.05, 3.63) is 0 Å². The van der Waals surface area contributed by atoms with Crippen LogP contribution >= 0.6 is 0 Å². The van der Waals surface area contributed by atoms with Gasteiger partial charge in [0, 0.05) is 6.54 Å². The smallest absolute Gasteiger partial charge is 0.133 e. The largest absolute Gasteiger partial charge is 0.376 e. The fourth-order valence-corrected chi connectivity index (χ4v) is 3.59. The maximum absolute atomic E-state index is 10.1. The molecule has 2 rings (SSSR count). The summed E-state index contributed by atoms with van der Waals surface area (Å²) in [6, 6.07) is 0. The topological polar surface area (TPSA) is 35.9 Å². The number of likely N-dealkylation sites (tertiary alicyclic amines) is 1. The molecule has 0 aliphatic carbocycles. The zero-order valence-corrected chi connectivity index (χ0v) is 14.3. The molecule has 2 aliphatic heterocycles. The van der Waals surface area contributed by atoms with E-state index in [2.05, 4.69) is 30.6 Å². The molecule has 0 amide bonds. The van der Waals surface area contributed by atoms with Crippen LogP contribution in [-0.2, 0) is 4.74 Å². The second kappa shape index (κ2) is 7.91. The lowest BCUT2D eigenvalue weighted by Crippen LogP contribution is -2.56. The summed E-state index contributed by atoms with van der Waals surface area (Å²) in [5.74, 6) is 1.45. The molecule has 21 heavy (non-hydrogen) atoms. The van der Waals surface area contributed by atoms with Crippen molar-refractivity contribution in [1.29, 1.82) is 0 Å². The van der Waals surface area contributed by atoms with E-state index in [0.717, 1.165) is 19.0 Å². The summed E-state index contributed by atoms with van der Waals surface area (Å²) in [7, 11) is 0. The van der Waals surface area contributed by atoms with Crippen molar-refractivity contribution in [3.8, 4) is 0 Å². The Bertz CT molecular complexity index is 303. The number of aliphatic hydroxyl groups excluding tert-OH is 1. The van der Waals surface area contributed by atoms with Crippen molar-refractivity contribution < 1.29 is 9.84 Å². The number of nitrogens with zero attached hydrogens (tertiary/aromatic N) is 2. The van der Waals surface area contributed by atoms with Crippen LogP contribution in [0.25, 0.3) is 0 Å². The number of hydrogen-bond acceptors (Lipinski definition) is 4. The van der Waals surface area contributed by atoms with Gasteiger partial charge >= 0.3 is 0 Å². The molecule has 0 aromatic rings. The summed E-state index contributed by atoms with van der Waals surface area (Å²) in [5.41, 5.74) is 0. The van der Waals surface area contributed by atoms with Crippen LogP contribution in [0, 0.1) is 11.8 Å². The zero-order valence-electron chi connectivity index (χ0n) is 14.3. The van der Waals surface area contributed by atoms with Gasteiger partial charge in [0.15, 0.2) is 0 Å². The molecule has 3 atom stereocenters. The normalized spacial score (nSPS) is 33.7. The van der Waals surface area contributed by atoms with Crippen LogP contribution in [0.4, 0.5) is 0 Å². The highest BCUT2D eigenvalue weighted by atomic mass is 16.5. The molecule has 2 fully saturated rings. The average Bonchev–Trinajstić information content (AvgIpc) is 2.48. The maximum Gasteiger partial charge on any atom is 0.133 e. The molecule has 124 valence electrons. The number of rotatable bonds is 5. The highest BCUT2D eigenvalue weighted by Gasteiger charge is 2.37. The first-order valence-corrected chi connectivity index (χ1v) is 8.81. The highest BCUT2D eigenvalue weighted by Crippen LogP contribution is 2.28. The number of hydrogen-bond donors (Lipinski definition) is 1. The van der Waals surface area contributed by atoms with Gasteiger partial charge in [0.25, 0.3) is 0 Å². The van der Waals surface area contributed by atoms with Crippen molar-refractivity contribution >= 4 is 0 Å². The lowest BCUT2D eigenvalue weighted by Gasteiger charge is -2.45. The molecule has 0 bridgehead atoms. The van der Waals surface area contributed by atoms with Crippen molar-refractivity contribution in [2.24, 2.45) is 11.8 Å². The number of morpholine rings is 1. The number of likely N-dealkylation sites (N-methyl/N-ethyl adjacent to an activating group) is 1. The highest BCUT2D eigenvalue weighted by molar-refractivity contribution is 4.86. The summed E-state index contributed by atoms with van der Waals surface area (Å²) >= 11 is 0. The standard InChI is InChI=1S/C17H34N2O2/c1-5-19-12-16(21-14(4)17(19)20)15-7-10-18(11-8-15)9-6-13(2)3/h13-17,20H,5-12H2,1-4H3/t14-,16+,17?/m1/s1. The van der Waals surface area contributed by atoms with Crippen LogP contribution < -0.4 is 0 Å². The second-order valence-electron chi connectivity index (χ2n) is 7.24. The predicted octanol–water partition coefficient (Wildman–Crippen LogP) is 2.17. The van der Waals surface area contributed by atoms with Gasteiger partial charge in [0.1, 0.15) is 6.23 Å². The van der Waals surface area contributed by atoms with Crippen LogP contribution in [0.15, 0.2) is 0 Å². The van der Waals surface area contributed by atoms with Gasteiger partial charge in [-0.3, -0.25) is 4.90 Å². The Morgan fingerprint density at radius 1 is 1.24 bits per heavy atom. The van der Waals surface area contributed by atoms with Gasteiger partial charge in [-0.05, 0) is 64.2 Å². The molecule has 0 spiro atoms. The average molecular weight is 298 g/mol. The van der Waals surface area contributed by atoms with Crippen LogP contribution in [-0.4, -0.2) is 66.1 Å². The minimum absolute atomic E-state index is 0.0670. The molecule has 4 nitrogen and oxygen atoms in total. The van der Waals surface area contributed by atoms with E-state index in [9.17, 15) is 5.11 Å². The molecule has 1 N–H and O–H groups in total. The number of aliphatic hydroxyl groups is 1. The van der Waals surface area contributed by atoms with Gasteiger partial charge in [-0.15, -0.1) is 0 Å². The Labute approximate surface area is 130 Å². The van der Waals surface area contributed by atoms with Gasteiger partial charge in [-0.2, -0.15) is 0 Å². The summed E-state index contributed by atoms with van der Waals surface area (Å²) in [6.07, 6.45) is 3.58. The van der Waals surface area contributed by atoms with Gasteiger partial charge in [0.05, 0.1) is 12.2 Å². The van der Waals surface area contributed by atoms with Crippen molar-refractivity contribution in [2.45, 2.75) is 65.4 Å². The molecule has 4 heteroatoms. The summed E-state index contributed by atoms with van der Waals surface area (Å²) in [4.78, 5) is 4.76. The Hall–Kier alpha value is -0.160. The van der Waals surface area contributed by atoms with Crippen molar-refractivity contribution in [2.75, 3.05) is 32.7 Å². The zero-order chi connectivity index (χ0) is 15.4. The molecule has 0 aromatic carbocycles. The molecule has 2 saturated heterocycles. The maximum atomic E-state index is 10.1. The van der Waals surface area contributed by atoms with Gasteiger partial charge in [-0.25, -0.2) is 0 Å². The Balaban J connectivity index is 1.79. The third kappa shape index (κ3) is 4.65. The molecule has 0 aromatic heterocycles. The summed E-state index contributed by atoms with van der Waals surface area (Å²) in [6.45, 7) is 14.2. The van der Waals surface area contributed by atoms with E-state index in [4.69, 9.17) is 4.74 Å². The van der Waals surface area contributed by atoms with E-state index < -0.39 is 6.23 Å². The number of ether oxygens (including phenoxy) is 1. The van der Waals surface area contributed by atoms with E-state index in [-0.39, 0.29) is 6.10 Å². The van der Waals surface area contributed by atoms with E-state index in [1.165, 1.54) is 38.9 Å². The fraction of sp³-hybridized carbons (Fsp3) is 1.00. The molecule has 1 unspecified atom stereocenters. The van der Waals surface area contributed by atoms with Gasteiger partial charge in [-0.1, -0.05) is 20.8 Å². The van der Waals surface area contributed by atoms with Crippen molar-refractivity contribution in [3.63, 3.8) is 0 Å². The Morgan fingerprint density at radius 3 is 2.48 bits per heavy atom. The Kier molecular flexibility index (Phi) is 6.48.